The highest BCUT2D eigenvalue weighted by Gasteiger charge is 3.02. The molecule has 0 saturated heterocycles. The third-order valence-electron chi connectivity index (χ3n) is 4.74. The van der Waals surface area contributed by atoms with E-state index in [-0.39, 0.29) is 13.8 Å². The van der Waals surface area contributed by atoms with Crippen molar-refractivity contribution in [2.45, 2.75) is 60.9 Å². The van der Waals surface area contributed by atoms with E-state index in [1.54, 1.807) is 0 Å². The predicted molar refractivity (Wildman–Crippen MR) is 75.1 cm³/mol. The Labute approximate surface area is 173 Å². The Kier molecular flexibility index (Phi) is 6.40. The molecule has 1 fully saturated rings. The van der Waals surface area contributed by atoms with E-state index in [4.69, 9.17) is 5.11 Å². The van der Waals surface area contributed by atoms with Gasteiger partial charge in [0.05, 0.1) is 0 Å². The Morgan fingerprint density at radius 2 is 0.879 bits per heavy atom. The Hall–Kier alpha value is -2.30. The second kappa shape index (κ2) is 7.35. The predicted octanol–water partition coefficient (Wildman–Crippen LogP) is 5.03. The fraction of sp³-hybridized carbons (Fsp3) is 0.733. The normalized spacial score (nSPS) is 28.0. The lowest BCUT2D eigenvalue weighted by molar-refractivity contribution is -0.501. The number of rotatable bonds is 4. The summed E-state index contributed by atoms with van der Waals surface area (Å²) < 4.78 is 200. The van der Waals surface area contributed by atoms with Crippen LogP contribution in [0.4, 0.5) is 61.5 Å². The van der Waals surface area contributed by atoms with Crippen LogP contribution in [-0.4, -0.2) is 64.1 Å². The minimum Gasteiger partial charge on any atom is -0.478 e. The van der Waals surface area contributed by atoms with Gasteiger partial charge in [-0.1, -0.05) is 13.8 Å². The number of aliphatic carboxylic acids is 1. The molecule has 1 N–H and O–H groups in total. The monoisotopic (exact) mass is 520 g/mol. The smallest absolute Gasteiger partial charge is 0.385 e. The first-order valence-electron chi connectivity index (χ1n) is 8.04. The zero-order valence-electron chi connectivity index (χ0n) is 15.7. The van der Waals surface area contributed by atoms with E-state index in [0.717, 1.165) is 0 Å². The van der Waals surface area contributed by atoms with Crippen molar-refractivity contribution in [3.8, 4) is 0 Å². The molecule has 18 heteroatoms. The van der Waals surface area contributed by atoms with Crippen LogP contribution in [0.15, 0.2) is 12.2 Å². The zero-order valence-corrected chi connectivity index (χ0v) is 15.7. The highest BCUT2D eigenvalue weighted by atomic mass is 19.4. The van der Waals surface area contributed by atoms with E-state index in [9.17, 15) is 71.1 Å². The molecule has 0 aliphatic heterocycles. The molecule has 0 spiro atoms. The summed E-state index contributed by atoms with van der Waals surface area (Å²) in [6, 6.07) is 0. The van der Waals surface area contributed by atoms with E-state index in [2.05, 4.69) is 4.74 Å². The van der Waals surface area contributed by atoms with Crippen molar-refractivity contribution in [2.75, 3.05) is 0 Å². The van der Waals surface area contributed by atoms with Gasteiger partial charge in [-0.2, -0.15) is 61.5 Å². The molecular formula is C15H10F14O4. The van der Waals surface area contributed by atoms with E-state index < -0.39 is 77.1 Å². The van der Waals surface area contributed by atoms with Gasteiger partial charge < -0.3 is 9.84 Å². The van der Waals surface area contributed by atoms with Crippen LogP contribution in [0.3, 0.4) is 0 Å². The number of hydrogen-bond donors (Lipinski definition) is 1. The molecule has 1 rings (SSSR count). The van der Waals surface area contributed by atoms with Crippen LogP contribution in [0, 0.1) is 5.92 Å². The van der Waals surface area contributed by atoms with Crippen molar-refractivity contribution in [1.82, 2.24) is 0 Å². The largest absolute Gasteiger partial charge is 0.478 e. The number of ether oxygens (including phenoxy) is 1. The van der Waals surface area contributed by atoms with Gasteiger partial charge in [-0.25, -0.2) is 9.59 Å². The summed E-state index contributed by atoms with van der Waals surface area (Å²) in [4.78, 5) is 21.8. The van der Waals surface area contributed by atoms with Crippen LogP contribution in [0.5, 0.6) is 0 Å². The quantitative estimate of drug-likeness (QED) is 0.321. The second-order valence-electron chi connectivity index (χ2n) is 7.00. The molecule has 0 atom stereocenters. The molecule has 1 aliphatic carbocycles. The lowest BCUT2D eigenvalue weighted by Crippen LogP contribution is -2.86. The van der Waals surface area contributed by atoms with E-state index in [1.807, 2.05) is 0 Å². The van der Waals surface area contributed by atoms with Crippen LogP contribution in [0.1, 0.15) is 13.8 Å². The molecule has 0 heterocycles. The van der Waals surface area contributed by atoms with E-state index >= 15 is 0 Å². The molecule has 4 nitrogen and oxygen atoms in total. The number of carbonyl (C=O) groups excluding carboxylic acids is 1. The van der Waals surface area contributed by atoms with Crippen molar-refractivity contribution in [2.24, 2.45) is 5.92 Å². The number of hydrogen-bond acceptors (Lipinski definition) is 3. The third-order valence-corrected chi connectivity index (χ3v) is 4.74. The van der Waals surface area contributed by atoms with Crippen molar-refractivity contribution in [1.29, 1.82) is 0 Å². The first kappa shape index (κ1) is 28.7. The van der Waals surface area contributed by atoms with Gasteiger partial charge in [0.25, 0.3) is 5.60 Å². The molecule has 1 saturated carbocycles. The van der Waals surface area contributed by atoms with Crippen LogP contribution in [0.25, 0.3) is 0 Å². The van der Waals surface area contributed by atoms with Gasteiger partial charge in [-0.05, 0) is 0 Å². The highest BCUT2D eigenvalue weighted by molar-refractivity contribution is 5.91. The molecule has 1 aliphatic rings. The van der Waals surface area contributed by atoms with Crippen LogP contribution in [-0.2, 0) is 14.3 Å². The second-order valence-corrected chi connectivity index (χ2v) is 7.00. The van der Waals surface area contributed by atoms with E-state index in [1.165, 1.54) is 0 Å². The fourth-order valence-electron chi connectivity index (χ4n) is 2.95. The molecule has 0 amide bonds. The maximum absolute atomic E-state index is 14.6. The minimum absolute atomic E-state index is 0.168. The number of carboxylic acid groups (broad SMARTS) is 1. The first-order chi connectivity index (χ1) is 14.3. The first-order valence-corrected chi connectivity index (χ1v) is 8.04. The summed E-state index contributed by atoms with van der Waals surface area (Å²) in [6.07, 6.45) is -1.04. The van der Waals surface area contributed by atoms with Crippen molar-refractivity contribution in [3.63, 3.8) is 0 Å². The summed E-state index contributed by atoms with van der Waals surface area (Å²) in [5, 5.41) is 8.28. The van der Waals surface area contributed by atoms with Gasteiger partial charge in [-0.15, -0.1) is 0 Å². The number of carbonyl (C=O) groups is 2. The molecule has 0 unspecified atom stereocenters. The Balaban J connectivity index is 4.28. The van der Waals surface area contributed by atoms with Gasteiger partial charge in [0.15, 0.2) is 0 Å². The summed E-state index contributed by atoms with van der Waals surface area (Å²) in [6.45, 7) is -0.337. The van der Waals surface area contributed by atoms with Crippen LogP contribution in [0.2, 0.25) is 0 Å². The Morgan fingerprint density at radius 1 is 0.606 bits per heavy atom. The number of halogens is 14. The zero-order chi connectivity index (χ0) is 26.9. The summed E-state index contributed by atoms with van der Waals surface area (Å²) >= 11 is 0. The topological polar surface area (TPSA) is 63.6 Å². The standard InChI is InChI=1S/C15H10F14O4/c1-5(2)8(33-7(32)4-3-6(30)31)9(16,17)11(20,21)13(24,25)15(28,29)14(26,27)12(22,23)10(8,18)19/h3-5H,1-2H3,(H,30,31)/b4-3+. The van der Waals surface area contributed by atoms with Crippen molar-refractivity contribution < 1.29 is 80.9 Å². The van der Waals surface area contributed by atoms with Gasteiger partial charge in [-0.3, -0.25) is 0 Å². The number of carboxylic acids is 1. The van der Waals surface area contributed by atoms with Crippen LogP contribution >= 0.6 is 0 Å². The Morgan fingerprint density at radius 3 is 1.12 bits per heavy atom. The maximum Gasteiger partial charge on any atom is 0.385 e. The lowest BCUT2D eigenvalue weighted by atomic mass is 9.67. The maximum atomic E-state index is 14.6. The van der Waals surface area contributed by atoms with Crippen LogP contribution < -0.4 is 0 Å². The molecule has 0 aromatic rings. The van der Waals surface area contributed by atoms with Gasteiger partial charge in [0.2, 0.25) is 0 Å². The number of esters is 1. The van der Waals surface area contributed by atoms with Gasteiger partial charge in [0.1, 0.15) is 0 Å². The molecule has 0 bridgehead atoms. The summed E-state index contributed by atoms with van der Waals surface area (Å²) in [7, 11) is 0. The molecule has 0 radical (unpaired) electrons. The SMILES string of the molecule is CC(C)C1(OC(=O)/C=C/C(=O)O)C(F)(F)C(F)(F)C(F)(F)C(F)(F)C(F)(F)C(F)(F)C1(F)F. The van der Waals surface area contributed by atoms with Gasteiger partial charge >= 0.3 is 53.4 Å². The number of alkyl halides is 14. The van der Waals surface area contributed by atoms with Crippen molar-refractivity contribution in [3.05, 3.63) is 12.2 Å². The average Bonchev–Trinajstić information content (AvgIpc) is 2.61. The minimum atomic E-state index is -8.20. The summed E-state index contributed by atoms with van der Waals surface area (Å²) in [5.41, 5.74) is -6.35. The van der Waals surface area contributed by atoms with E-state index in [0.29, 0.717) is 0 Å². The summed E-state index contributed by atoms with van der Waals surface area (Å²) in [5.74, 6) is -64.1. The molecule has 192 valence electrons. The molecule has 0 aromatic carbocycles. The lowest BCUT2D eigenvalue weighted by Gasteiger charge is -2.55. The molecular weight excluding hydrogens is 510 g/mol. The Bertz CT molecular complexity index is 804. The molecule has 0 aromatic heterocycles. The van der Waals surface area contributed by atoms with Gasteiger partial charge in [0, 0.05) is 18.1 Å². The fourth-order valence-corrected chi connectivity index (χ4v) is 2.95. The highest BCUT2D eigenvalue weighted by Crippen LogP contribution is 2.71. The average molecular weight is 520 g/mol. The van der Waals surface area contributed by atoms with Crippen molar-refractivity contribution >= 4 is 11.9 Å². The third kappa shape index (κ3) is 3.10. The molecule has 33 heavy (non-hydrogen) atoms.